The lowest BCUT2D eigenvalue weighted by molar-refractivity contribution is 0.168. The van der Waals surface area contributed by atoms with Gasteiger partial charge < -0.3 is 9.47 Å². The number of hydrogen-bond acceptors (Lipinski definition) is 2. The Morgan fingerprint density at radius 1 is 1.07 bits per heavy atom. The fourth-order valence-corrected chi connectivity index (χ4v) is 1.99. The first-order chi connectivity index (χ1) is 7.31. The Morgan fingerprint density at radius 3 is 2.33 bits per heavy atom. The van der Waals surface area contributed by atoms with E-state index >= 15 is 0 Å². The highest BCUT2D eigenvalue weighted by Gasteiger charge is 2.03. The van der Waals surface area contributed by atoms with Crippen LogP contribution in [-0.4, -0.2) is 19.5 Å². The predicted molar refractivity (Wildman–Crippen MR) is 65.4 cm³/mol. The van der Waals surface area contributed by atoms with Gasteiger partial charge in [0.2, 0.25) is 0 Å². The Balaban J connectivity index is 2.87. The molecule has 84 valence electrons. The Hall–Kier alpha value is -0.380. The van der Waals surface area contributed by atoms with E-state index in [4.69, 9.17) is 9.47 Å². The molecule has 15 heavy (non-hydrogen) atoms. The van der Waals surface area contributed by atoms with Gasteiger partial charge in [-0.15, -0.1) is 0 Å². The van der Waals surface area contributed by atoms with Crippen LogP contribution >= 0.6 is 15.9 Å². The number of ether oxygens (including phenoxy) is 2. The summed E-state index contributed by atoms with van der Waals surface area (Å²) in [6.07, 6.45) is 1.05. The highest BCUT2D eigenvalue weighted by molar-refractivity contribution is 9.09. The minimum Gasteiger partial charge on any atom is -0.380 e. The number of hydrogen-bond donors (Lipinski definition) is 0. The molecule has 0 aliphatic heterocycles. The lowest BCUT2D eigenvalue weighted by Crippen LogP contribution is -1.99. The van der Waals surface area contributed by atoms with Gasteiger partial charge in [-0.3, -0.25) is 0 Å². The zero-order chi connectivity index (χ0) is 11.1. The Morgan fingerprint density at radius 2 is 1.73 bits per heavy atom. The van der Waals surface area contributed by atoms with Crippen molar-refractivity contribution in [1.29, 1.82) is 0 Å². The molecule has 0 aliphatic rings. The van der Waals surface area contributed by atoms with Crippen molar-refractivity contribution < 1.29 is 9.47 Å². The summed E-state index contributed by atoms with van der Waals surface area (Å²) in [5.41, 5.74) is 3.76. The van der Waals surface area contributed by atoms with E-state index in [2.05, 4.69) is 34.1 Å². The molecule has 0 amide bonds. The van der Waals surface area contributed by atoms with Gasteiger partial charge in [0.25, 0.3) is 0 Å². The molecule has 1 aromatic carbocycles. The molecule has 0 aliphatic carbocycles. The van der Waals surface area contributed by atoms with Crippen LogP contribution in [0.4, 0.5) is 0 Å². The lowest BCUT2D eigenvalue weighted by Gasteiger charge is -2.10. The molecule has 0 bridgehead atoms. The molecule has 1 rings (SSSR count). The topological polar surface area (TPSA) is 18.5 Å². The number of halogens is 1. The molecule has 0 aromatic heterocycles. The number of rotatable bonds is 6. The van der Waals surface area contributed by atoms with Gasteiger partial charge in [0.05, 0.1) is 13.2 Å². The van der Waals surface area contributed by atoms with E-state index in [1.165, 1.54) is 16.7 Å². The van der Waals surface area contributed by atoms with Gasteiger partial charge in [-0.05, 0) is 23.1 Å². The minimum absolute atomic E-state index is 0.646. The summed E-state index contributed by atoms with van der Waals surface area (Å²) >= 11 is 3.44. The molecule has 0 N–H and O–H groups in total. The summed E-state index contributed by atoms with van der Waals surface area (Å²) in [4.78, 5) is 0. The zero-order valence-corrected chi connectivity index (χ0v) is 10.8. The Labute approximate surface area is 99.7 Å². The molecular formula is C12H17BrO2. The average Bonchev–Trinajstić information content (AvgIpc) is 2.23. The minimum atomic E-state index is 0.646. The van der Waals surface area contributed by atoms with Crippen molar-refractivity contribution in [3.63, 3.8) is 0 Å². The maximum absolute atomic E-state index is 5.18. The van der Waals surface area contributed by atoms with E-state index < -0.39 is 0 Å². The summed E-state index contributed by atoms with van der Waals surface area (Å²) in [5, 5.41) is 0.989. The quantitative estimate of drug-likeness (QED) is 0.742. The third-order valence-electron chi connectivity index (χ3n) is 2.25. The number of aryl methyl sites for hydroxylation is 1. The first-order valence-corrected chi connectivity index (χ1v) is 6.08. The van der Waals surface area contributed by atoms with Gasteiger partial charge in [-0.2, -0.15) is 0 Å². The fraction of sp³-hybridized carbons (Fsp3) is 0.500. The summed E-state index contributed by atoms with van der Waals surface area (Å²) < 4.78 is 10.3. The van der Waals surface area contributed by atoms with Crippen molar-refractivity contribution in [1.82, 2.24) is 0 Å². The third kappa shape index (κ3) is 3.93. The van der Waals surface area contributed by atoms with E-state index in [1.807, 2.05) is 0 Å². The number of alkyl halides is 1. The van der Waals surface area contributed by atoms with E-state index in [-0.39, 0.29) is 0 Å². The van der Waals surface area contributed by atoms with Gasteiger partial charge in [0.15, 0.2) is 0 Å². The van der Waals surface area contributed by atoms with Crippen LogP contribution in [0.1, 0.15) is 16.7 Å². The largest absolute Gasteiger partial charge is 0.380 e. The Kier molecular flexibility index (Phi) is 5.91. The molecule has 0 saturated heterocycles. The monoisotopic (exact) mass is 272 g/mol. The summed E-state index contributed by atoms with van der Waals surface area (Å²) in [7, 11) is 3.43. The summed E-state index contributed by atoms with van der Waals surface area (Å²) in [6, 6.07) is 6.46. The van der Waals surface area contributed by atoms with Crippen molar-refractivity contribution >= 4 is 15.9 Å². The van der Waals surface area contributed by atoms with Crippen molar-refractivity contribution in [2.45, 2.75) is 19.6 Å². The standard InChI is InChI=1S/C12H17BrO2/c1-14-8-11-4-3-10(5-6-13)7-12(11)9-15-2/h3-4,7H,5-6,8-9H2,1-2H3. The molecule has 0 fully saturated rings. The molecule has 2 nitrogen and oxygen atoms in total. The molecule has 0 heterocycles. The summed E-state index contributed by atoms with van der Waals surface area (Å²) in [6.45, 7) is 1.29. The maximum Gasteiger partial charge on any atom is 0.0716 e. The lowest BCUT2D eigenvalue weighted by atomic mass is 10.0. The molecule has 3 heteroatoms. The smallest absolute Gasteiger partial charge is 0.0716 e. The molecule has 0 atom stereocenters. The van der Waals surface area contributed by atoms with E-state index in [1.54, 1.807) is 14.2 Å². The van der Waals surface area contributed by atoms with Crippen LogP contribution in [0.2, 0.25) is 0 Å². The second-order valence-electron chi connectivity index (χ2n) is 3.41. The van der Waals surface area contributed by atoms with Crippen LogP contribution in [0.5, 0.6) is 0 Å². The van der Waals surface area contributed by atoms with Crippen molar-refractivity contribution in [2.75, 3.05) is 19.5 Å². The molecule has 1 aromatic rings. The second kappa shape index (κ2) is 6.99. The van der Waals surface area contributed by atoms with Crippen molar-refractivity contribution in [2.24, 2.45) is 0 Å². The fourth-order valence-electron chi connectivity index (χ4n) is 1.53. The molecule has 0 saturated carbocycles. The van der Waals surface area contributed by atoms with Crippen LogP contribution in [0, 0.1) is 0 Å². The third-order valence-corrected chi connectivity index (χ3v) is 2.65. The molecule has 0 spiro atoms. The van der Waals surface area contributed by atoms with E-state index in [9.17, 15) is 0 Å². The first kappa shape index (κ1) is 12.7. The van der Waals surface area contributed by atoms with Crippen LogP contribution < -0.4 is 0 Å². The molecule has 0 unspecified atom stereocenters. The van der Waals surface area contributed by atoms with Gasteiger partial charge in [-0.25, -0.2) is 0 Å². The second-order valence-corrected chi connectivity index (χ2v) is 4.20. The van der Waals surface area contributed by atoms with Crippen molar-refractivity contribution in [3.05, 3.63) is 34.9 Å². The Bertz CT molecular complexity index is 300. The van der Waals surface area contributed by atoms with Crippen LogP contribution in [0.3, 0.4) is 0 Å². The van der Waals surface area contributed by atoms with Crippen LogP contribution in [0.25, 0.3) is 0 Å². The number of benzene rings is 1. The van der Waals surface area contributed by atoms with E-state index in [0.29, 0.717) is 13.2 Å². The highest BCUT2D eigenvalue weighted by atomic mass is 79.9. The first-order valence-electron chi connectivity index (χ1n) is 4.96. The van der Waals surface area contributed by atoms with Crippen molar-refractivity contribution in [3.8, 4) is 0 Å². The SMILES string of the molecule is COCc1ccc(CCBr)cc1COC. The van der Waals surface area contributed by atoms with Gasteiger partial charge in [0, 0.05) is 19.5 Å². The van der Waals surface area contributed by atoms with Gasteiger partial charge >= 0.3 is 0 Å². The van der Waals surface area contributed by atoms with Crippen LogP contribution in [-0.2, 0) is 29.1 Å². The normalized spacial score (nSPS) is 10.6. The highest BCUT2D eigenvalue weighted by Crippen LogP contribution is 2.15. The van der Waals surface area contributed by atoms with Crippen LogP contribution in [0.15, 0.2) is 18.2 Å². The van der Waals surface area contributed by atoms with Gasteiger partial charge in [-0.1, -0.05) is 34.1 Å². The van der Waals surface area contributed by atoms with Gasteiger partial charge in [0.1, 0.15) is 0 Å². The molecule has 0 radical (unpaired) electrons. The predicted octanol–water partition coefficient (Wildman–Crippen LogP) is 2.92. The number of methoxy groups -OCH3 is 2. The maximum atomic E-state index is 5.18. The average molecular weight is 273 g/mol. The molecular weight excluding hydrogens is 256 g/mol. The van der Waals surface area contributed by atoms with E-state index in [0.717, 1.165) is 11.8 Å². The summed E-state index contributed by atoms with van der Waals surface area (Å²) in [5.74, 6) is 0. The zero-order valence-electron chi connectivity index (χ0n) is 9.25.